The van der Waals surface area contributed by atoms with Gasteiger partial charge in [-0.1, -0.05) is 17.7 Å². The Balaban J connectivity index is 1.76. The summed E-state index contributed by atoms with van der Waals surface area (Å²) in [6, 6.07) is 15.7. The van der Waals surface area contributed by atoms with Gasteiger partial charge in [-0.2, -0.15) is 0 Å². The number of ether oxygens (including phenoxy) is 2. The summed E-state index contributed by atoms with van der Waals surface area (Å²) in [6.45, 7) is 4.61. The summed E-state index contributed by atoms with van der Waals surface area (Å²) >= 11 is 5.31. The molecule has 0 bridgehead atoms. The fourth-order valence-electron chi connectivity index (χ4n) is 1.96. The maximum atomic E-state index is 5.74. The van der Waals surface area contributed by atoms with Crippen LogP contribution in [0.4, 0.5) is 5.69 Å². The highest BCUT2D eigenvalue weighted by atomic mass is 32.1. The van der Waals surface area contributed by atoms with E-state index in [4.69, 9.17) is 21.7 Å². The van der Waals surface area contributed by atoms with E-state index in [1.54, 1.807) is 7.11 Å². The van der Waals surface area contributed by atoms with E-state index in [1.807, 2.05) is 55.5 Å². The van der Waals surface area contributed by atoms with Gasteiger partial charge in [-0.3, -0.25) is 0 Å². The van der Waals surface area contributed by atoms with E-state index in [2.05, 4.69) is 17.6 Å². The molecular formula is C18H22N2O2S. The van der Waals surface area contributed by atoms with Crippen LogP contribution in [0.15, 0.2) is 48.5 Å². The van der Waals surface area contributed by atoms with Crippen molar-refractivity contribution in [2.45, 2.75) is 19.9 Å². The zero-order valence-electron chi connectivity index (χ0n) is 13.6. The Morgan fingerprint density at radius 1 is 1.04 bits per heavy atom. The van der Waals surface area contributed by atoms with Crippen molar-refractivity contribution in [3.63, 3.8) is 0 Å². The first-order valence-corrected chi connectivity index (χ1v) is 7.88. The third kappa shape index (κ3) is 5.79. The Morgan fingerprint density at radius 2 is 1.65 bits per heavy atom. The van der Waals surface area contributed by atoms with Gasteiger partial charge in [0.2, 0.25) is 0 Å². The van der Waals surface area contributed by atoms with Gasteiger partial charge >= 0.3 is 0 Å². The first-order valence-electron chi connectivity index (χ1n) is 7.48. The summed E-state index contributed by atoms with van der Waals surface area (Å²) in [5.41, 5.74) is 2.13. The average molecular weight is 330 g/mol. The second-order valence-electron chi connectivity index (χ2n) is 5.35. The minimum Gasteiger partial charge on any atom is -0.497 e. The van der Waals surface area contributed by atoms with Crippen molar-refractivity contribution in [2.24, 2.45) is 0 Å². The monoisotopic (exact) mass is 330 g/mol. The number of anilines is 1. The number of benzene rings is 2. The first kappa shape index (κ1) is 17.1. The van der Waals surface area contributed by atoms with E-state index < -0.39 is 0 Å². The molecule has 5 heteroatoms. The molecule has 0 amide bonds. The summed E-state index contributed by atoms with van der Waals surface area (Å²) < 4.78 is 10.9. The number of nitrogens with one attached hydrogen (secondary N) is 2. The molecule has 122 valence electrons. The molecular weight excluding hydrogens is 308 g/mol. The molecule has 0 spiro atoms. The molecule has 0 radical (unpaired) electrons. The number of methoxy groups -OCH3 is 1. The van der Waals surface area contributed by atoms with Gasteiger partial charge in [-0.15, -0.1) is 0 Å². The molecule has 4 nitrogen and oxygen atoms in total. The molecule has 2 rings (SSSR count). The van der Waals surface area contributed by atoms with Gasteiger partial charge in [-0.05, 0) is 62.5 Å². The van der Waals surface area contributed by atoms with E-state index in [0.29, 0.717) is 11.7 Å². The molecule has 0 unspecified atom stereocenters. The first-order chi connectivity index (χ1) is 11.1. The summed E-state index contributed by atoms with van der Waals surface area (Å²) in [5.74, 6) is 1.67. The lowest BCUT2D eigenvalue weighted by Crippen LogP contribution is -2.39. The number of aryl methyl sites for hydroxylation is 1. The van der Waals surface area contributed by atoms with Crippen LogP contribution in [0.2, 0.25) is 0 Å². The molecule has 23 heavy (non-hydrogen) atoms. The molecule has 0 saturated carbocycles. The molecule has 0 aliphatic carbocycles. The Bertz CT molecular complexity index is 626. The average Bonchev–Trinajstić information content (AvgIpc) is 2.55. The van der Waals surface area contributed by atoms with Crippen LogP contribution in [0, 0.1) is 6.92 Å². The van der Waals surface area contributed by atoms with Crippen LogP contribution >= 0.6 is 12.2 Å². The quantitative estimate of drug-likeness (QED) is 0.790. The van der Waals surface area contributed by atoms with Crippen molar-refractivity contribution >= 4 is 23.0 Å². The van der Waals surface area contributed by atoms with Gasteiger partial charge < -0.3 is 20.1 Å². The fraction of sp³-hybridized carbons (Fsp3) is 0.278. The zero-order valence-corrected chi connectivity index (χ0v) is 14.4. The second-order valence-corrected chi connectivity index (χ2v) is 5.76. The third-order valence-electron chi connectivity index (χ3n) is 3.25. The Labute approximate surface area is 142 Å². The Hall–Kier alpha value is -2.27. The van der Waals surface area contributed by atoms with Crippen molar-refractivity contribution in [3.05, 3.63) is 54.1 Å². The summed E-state index contributed by atoms with van der Waals surface area (Å²) in [6.07, 6.45) is 0. The van der Waals surface area contributed by atoms with Gasteiger partial charge in [0.15, 0.2) is 5.11 Å². The van der Waals surface area contributed by atoms with Crippen LogP contribution in [0.5, 0.6) is 11.5 Å². The largest absolute Gasteiger partial charge is 0.497 e. The molecule has 0 aliphatic rings. The standard InChI is InChI=1S/C18H22N2O2S/c1-13-4-8-17(9-5-13)22-12-14(2)19-18(23)20-15-6-10-16(21-3)11-7-15/h4-11,14H,12H2,1-3H3,(H2,19,20,23)/t14-/m1/s1. The zero-order chi connectivity index (χ0) is 16.7. The molecule has 0 heterocycles. The van der Waals surface area contributed by atoms with E-state index in [9.17, 15) is 0 Å². The van der Waals surface area contributed by atoms with Gasteiger partial charge in [0.1, 0.15) is 18.1 Å². The molecule has 1 atom stereocenters. The highest BCUT2D eigenvalue weighted by molar-refractivity contribution is 7.80. The lowest BCUT2D eigenvalue weighted by atomic mass is 10.2. The van der Waals surface area contributed by atoms with E-state index in [0.717, 1.165) is 17.2 Å². The van der Waals surface area contributed by atoms with E-state index in [-0.39, 0.29) is 6.04 Å². The van der Waals surface area contributed by atoms with E-state index in [1.165, 1.54) is 5.56 Å². The lowest BCUT2D eigenvalue weighted by Gasteiger charge is -2.18. The molecule has 0 saturated heterocycles. The van der Waals surface area contributed by atoms with Crippen LogP contribution in [0.3, 0.4) is 0 Å². The van der Waals surface area contributed by atoms with Crippen LogP contribution in [-0.4, -0.2) is 24.9 Å². The van der Waals surface area contributed by atoms with Gasteiger partial charge in [0, 0.05) is 5.69 Å². The molecule has 2 N–H and O–H groups in total. The maximum absolute atomic E-state index is 5.74. The fourth-order valence-corrected chi connectivity index (χ4v) is 2.28. The maximum Gasteiger partial charge on any atom is 0.171 e. The van der Waals surface area contributed by atoms with Crippen LogP contribution < -0.4 is 20.1 Å². The van der Waals surface area contributed by atoms with Crippen molar-refractivity contribution in [1.29, 1.82) is 0 Å². The van der Waals surface area contributed by atoms with Crippen molar-refractivity contribution in [1.82, 2.24) is 5.32 Å². The highest BCUT2D eigenvalue weighted by Crippen LogP contribution is 2.15. The predicted molar refractivity (Wildman–Crippen MR) is 98.5 cm³/mol. The normalized spacial score (nSPS) is 11.4. The summed E-state index contributed by atoms with van der Waals surface area (Å²) in [4.78, 5) is 0. The van der Waals surface area contributed by atoms with Crippen molar-refractivity contribution in [3.8, 4) is 11.5 Å². The van der Waals surface area contributed by atoms with E-state index >= 15 is 0 Å². The van der Waals surface area contributed by atoms with Crippen LogP contribution in [-0.2, 0) is 0 Å². The number of hydrogen-bond donors (Lipinski definition) is 2. The smallest absolute Gasteiger partial charge is 0.171 e. The van der Waals surface area contributed by atoms with Crippen molar-refractivity contribution < 1.29 is 9.47 Å². The minimum absolute atomic E-state index is 0.0922. The topological polar surface area (TPSA) is 42.5 Å². The molecule has 0 aromatic heterocycles. The Morgan fingerprint density at radius 3 is 2.26 bits per heavy atom. The molecule has 2 aromatic rings. The third-order valence-corrected chi connectivity index (χ3v) is 3.47. The minimum atomic E-state index is 0.0922. The van der Waals surface area contributed by atoms with Crippen LogP contribution in [0.1, 0.15) is 12.5 Å². The predicted octanol–water partition coefficient (Wildman–Crippen LogP) is 3.76. The lowest BCUT2D eigenvalue weighted by molar-refractivity contribution is 0.287. The molecule has 0 aliphatic heterocycles. The number of thiocarbonyl (C=S) groups is 1. The summed E-state index contributed by atoms with van der Waals surface area (Å²) in [5, 5.41) is 6.91. The summed E-state index contributed by atoms with van der Waals surface area (Å²) in [7, 11) is 1.64. The highest BCUT2D eigenvalue weighted by Gasteiger charge is 2.06. The second kappa shape index (κ2) is 8.39. The molecule has 2 aromatic carbocycles. The van der Waals surface area contributed by atoms with Gasteiger partial charge in [-0.25, -0.2) is 0 Å². The number of rotatable bonds is 6. The van der Waals surface area contributed by atoms with Gasteiger partial charge in [0.25, 0.3) is 0 Å². The van der Waals surface area contributed by atoms with Crippen LogP contribution in [0.25, 0.3) is 0 Å². The number of hydrogen-bond acceptors (Lipinski definition) is 3. The Kier molecular flexibility index (Phi) is 6.23. The van der Waals surface area contributed by atoms with Crippen molar-refractivity contribution in [2.75, 3.05) is 19.0 Å². The van der Waals surface area contributed by atoms with Gasteiger partial charge in [0.05, 0.1) is 13.2 Å². The molecule has 0 fully saturated rings. The SMILES string of the molecule is COc1ccc(NC(=S)N[C@H](C)COc2ccc(C)cc2)cc1.